The Morgan fingerprint density at radius 2 is 2.29 bits per heavy atom. The Balaban J connectivity index is 2.56. The van der Waals surface area contributed by atoms with E-state index in [2.05, 4.69) is 23.9 Å². The van der Waals surface area contributed by atoms with Gasteiger partial charge in [-0.05, 0) is 25.8 Å². The molecule has 0 fully saturated rings. The van der Waals surface area contributed by atoms with E-state index in [1.165, 1.54) is 12.8 Å². The van der Waals surface area contributed by atoms with Gasteiger partial charge in [-0.15, -0.1) is 0 Å². The van der Waals surface area contributed by atoms with Gasteiger partial charge in [0.1, 0.15) is 12.2 Å². The summed E-state index contributed by atoms with van der Waals surface area (Å²) in [5.74, 6) is 1.62. The Morgan fingerprint density at radius 3 is 2.86 bits per heavy atom. The first-order valence-electron chi connectivity index (χ1n) is 5.38. The molecular weight excluding hydrogens is 176 g/mol. The molecule has 0 saturated heterocycles. The summed E-state index contributed by atoms with van der Waals surface area (Å²) in [5, 5.41) is 4.15. The summed E-state index contributed by atoms with van der Waals surface area (Å²) in [5.41, 5.74) is 5.71. The Kier molecular flexibility index (Phi) is 4.59. The van der Waals surface area contributed by atoms with Gasteiger partial charge in [-0.2, -0.15) is 5.10 Å². The van der Waals surface area contributed by atoms with Crippen LogP contribution in [-0.4, -0.2) is 21.3 Å². The fraction of sp³-hybridized carbons (Fsp3) is 0.800. The van der Waals surface area contributed by atoms with Crippen molar-refractivity contribution in [3.63, 3.8) is 0 Å². The molecule has 0 saturated carbocycles. The van der Waals surface area contributed by atoms with Crippen molar-refractivity contribution in [3.8, 4) is 0 Å². The van der Waals surface area contributed by atoms with Gasteiger partial charge in [0, 0.05) is 13.0 Å². The highest BCUT2D eigenvalue weighted by Gasteiger charge is 2.10. The predicted octanol–water partition coefficient (Wildman–Crippen LogP) is 1.22. The lowest BCUT2D eigenvalue weighted by molar-refractivity contribution is 0.459. The largest absolute Gasteiger partial charge is 0.330 e. The lowest BCUT2D eigenvalue weighted by Gasteiger charge is -2.12. The van der Waals surface area contributed by atoms with E-state index in [9.17, 15) is 0 Å². The van der Waals surface area contributed by atoms with Gasteiger partial charge in [-0.25, -0.2) is 4.98 Å². The molecule has 0 amide bonds. The first-order chi connectivity index (χ1) is 6.81. The number of rotatable bonds is 6. The third-order valence-electron chi connectivity index (χ3n) is 2.50. The summed E-state index contributed by atoms with van der Waals surface area (Å²) in [6, 6.07) is 0. The lowest BCUT2D eigenvalue weighted by Crippen LogP contribution is -2.19. The van der Waals surface area contributed by atoms with E-state index in [-0.39, 0.29) is 0 Å². The van der Waals surface area contributed by atoms with Crippen molar-refractivity contribution < 1.29 is 0 Å². The second-order valence-corrected chi connectivity index (χ2v) is 3.59. The Labute approximate surface area is 85.5 Å². The molecule has 1 heterocycles. The molecule has 1 aromatic heterocycles. The third-order valence-corrected chi connectivity index (χ3v) is 2.50. The van der Waals surface area contributed by atoms with E-state index in [0.717, 1.165) is 25.3 Å². The summed E-state index contributed by atoms with van der Waals surface area (Å²) >= 11 is 0. The van der Waals surface area contributed by atoms with Crippen molar-refractivity contribution in [1.82, 2.24) is 14.8 Å². The van der Waals surface area contributed by atoms with Gasteiger partial charge < -0.3 is 5.73 Å². The zero-order chi connectivity index (χ0) is 10.4. The summed E-state index contributed by atoms with van der Waals surface area (Å²) < 4.78 is 1.94. The average Bonchev–Trinajstić information content (AvgIpc) is 2.64. The Hall–Kier alpha value is -0.900. The maximum atomic E-state index is 5.71. The molecule has 1 aromatic rings. The smallest absolute Gasteiger partial charge is 0.138 e. The number of aromatic nitrogens is 3. The van der Waals surface area contributed by atoms with Crippen molar-refractivity contribution in [2.75, 3.05) is 6.54 Å². The van der Waals surface area contributed by atoms with Crippen molar-refractivity contribution in [3.05, 3.63) is 12.2 Å². The molecule has 2 N–H and O–H groups in total. The van der Waals surface area contributed by atoms with Crippen LogP contribution >= 0.6 is 0 Å². The van der Waals surface area contributed by atoms with E-state index in [1.807, 2.05) is 4.68 Å². The van der Waals surface area contributed by atoms with Gasteiger partial charge >= 0.3 is 0 Å². The van der Waals surface area contributed by atoms with Gasteiger partial charge in [0.2, 0.25) is 0 Å². The standard InChI is InChI=1S/C10H20N4/c1-3-5-9(7-11)6-10-12-8-13-14(10)4-2/h8-9H,3-7,11H2,1-2H3. The number of aryl methyl sites for hydroxylation is 1. The Morgan fingerprint density at radius 1 is 1.50 bits per heavy atom. The van der Waals surface area contributed by atoms with Crippen molar-refractivity contribution in [1.29, 1.82) is 0 Å². The molecule has 4 nitrogen and oxygen atoms in total. The predicted molar refractivity (Wildman–Crippen MR) is 56.9 cm³/mol. The van der Waals surface area contributed by atoms with Crippen LogP contribution in [0, 0.1) is 5.92 Å². The normalized spacial score (nSPS) is 13.1. The van der Waals surface area contributed by atoms with Crippen LogP contribution in [0.25, 0.3) is 0 Å². The number of nitrogens with two attached hydrogens (primary N) is 1. The highest BCUT2D eigenvalue weighted by Crippen LogP contribution is 2.10. The first kappa shape index (κ1) is 11.2. The number of hydrogen-bond donors (Lipinski definition) is 1. The molecule has 0 bridgehead atoms. The number of hydrogen-bond acceptors (Lipinski definition) is 3. The van der Waals surface area contributed by atoms with Crippen molar-refractivity contribution in [2.24, 2.45) is 11.7 Å². The van der Waals surface area contributed by atoms with Gasteiger partial charge in [0.25, 0.3) is 0 Å². The zero-order valence-electron chi connectivity index (χ0n) is 9.11. The van der Waals surface area contributed by atoms with E-state index >= 15 is 0 Å². The van der Waals surface area contributed by atoms with E-state index in [0.29, 0.717) is 5.92 Å². The van der Waals surface area contributed by atoms with Crippen LogP contribution in [0.1, 0.15) is 32.5 Å². The molecule has 14 heavy (non-hydrogen) atoms. The highest BCUT2D eigenvalue weighted by atomic mass is 15.3. The maximum absolute atomic E-state index is 5.71. The van der Waals surface area contributed by atoms with Crippen LogP contribution in [0.15, 0.2) is 6.33 Å². The summed E-state index contributed by atoms with van der Waals surface area (Å²) in [7, 11) is 0. The van der Waals surface area contributed by atoms with Crippen LogP contribution in [-0.2, 0) is 13.0 Å². The molecular formula is C10H20N4. The quantitative estimate of drug-likeness (QED) is 0.744. The summed E-state index contributed by atoms with van der Waals surface area (Å²) in [4.78, 5) is 4.25. The van der Waals surface area contributed by atoms with Crippen LogP contribution in [0.4, 0.5) is 0 Å². The molecule has 80 valence electrons. The fourth-order valence-electron chi connectivity index (χ4n) is 1.68. The van der Waals surface area contributed by atoms with Crippen molar-refractivity contribution >= 4 is 0 Å². The summed E-state index contributed by atoms with van der Waals surface area (Å²) in [6.45, 7) is 5.89. The number of nitrogens with zero attached hydrogens (tertiary/aromatic N) is 3. The third kappa shape index (κ3) is 2.80. The summed E-state index contributed by atoms with van der Waals surface area (Å²) in [6.07, 6.45) is 4.94. The second kappa shape index (κ2) is 5.75. The second-order valence-electron chi connectivity index (χ2n) is 3.59. The van der Waals surface area contributed by atoms with Gasteiger partial charge in [-0.3, -0.25) is 4.68 Å². The molecule has 1 atom stereocenters. The minimum atomic E-state index is 0.550. The topological polar surface area (TPSA) is 56.7 Å². The SMILES string of the molecule is CCCC(CN)Cc1ncnn1CC. The van der Waals surface area contributed by atoms with Crippen LogP contribution in [0.5, 0.6) is 0 Å². The van der Waals surface area contributed by atoms with Gasteiger partial charge in [0.05, 0.1) is 0 Å². The van der Waals surface area contributed by atoms with Crippen LogP contribution < -0.4 is 5.73 Å². The monoisotopic (exact) mass is 196 g/mol. The molecule has 0 spiro atoms. The lowest BCUT2D eigenvalue weighted by atomic mass is 10.00. The fourth-order valence-corrected chi connectivity index (χ4v) is 1.68. The molecule has 0 aliphatic carbocycles. The van der Waals surface area contributed by atoms with Crippen molar-refractivity contribution in [2.45, 2.75) is 39.7 Å². The van der Waals surface area contributed by atoms with E-state index in [4.69, 9.17) is 5.73 Å². The van der Waals surface area contributed by atoms with Crippen LogP contribution in [0.2, 0.25) is 0 Å². The molecule has 1 rings (SSSR count). The minimum Gasteiger partial charge on any atom is -0.330 e. The van der Waals surface area contributed by atoms with Gasteiger partial charge in [-0.1, -0.05) is 13.3 Å². The van der Waals surface area contributed by atoms with Crippen LogP contribution in [0.3, 0.4) is 0 Å². The van der Waals surface area contributed by atoms with E-state index < -0.39 is 0 Å². The minimum absolute atomic E-state index is 0.550. The molecule has 0 aliphatic heterocycles. The van der Waals surface area contributed by atoms with E-state index in [1.54, 1.807) is 6.33 Å². The molecule has 0 radical (unpaired) electrons. The zero-order valence-corrected chi connectivity index (χ0v) is 9.11. The molecule has 4 heteroatoms. The first-order valence-corrected chi connectivity index (χ1v) is 5.38. The Bertz CT molecular complexity index is 256. The molecule has 0 aliphatic rings. The molecule has 0 aromatic carbocycles. The van der Waals surface area contributed by atoms with Gasteiger partial charge in [0.15, 0.2) is 0 Å². The average molecular weight is 196 g/mol. The molecule has 1 unspecified atom stereocenters. The highest BCUT2D eigenvalue weighted by molar-refractivity contribution is 4.87. The maximum Gasteiger partial charge on any atom is 0.138 e.